The van der Waals surface area contributed by atoms with Crippen LogP contribution in [0, 0.1) is 17.3 Å². The number of carbonyl (C=O) groups is 2. The van der Waals surface area contributed by atoms with E-state index in [-0.39, 0.29) is 25.0 Å². The van der Waals surface area contributed by atoms with E-state index in [2.05, 4.69) is 63.6 Å². The zero-order valence-corrected chi connectivity index (χ0v) is 21.8. The van der Waals surface area contributed by atoms with E-state index in [1.807, 2.05) is 0 Å². The summed E-state index contributed by atoms with van der Waals surface area (Å²) in [7, 11) is -2.38. The summed E-state index contributed by atoms with van der Waals surface area (Å²) in [5.74, 6) is -0.553. The maximum Gasteiger partial charge on any atom is 0.323 e. The van der Waals surface area contributed by atoms with Crippen LogP contribution < -0.4 is 0 Å². The smallest absolute Gasteiger partial charge is 0.323 e. The molecule has 6 heteroatoms. The number of allylic oxidation sites excluding steroid dienone is 4. The number of ether oxygens (including phenoxy) is 2. The molecule has 0 spiro atoms. The number of carbonyl (C=O) groups excluding carboxylic acids is 2. The summed E-state index contributed by atoms with van der Waals surface area (Å²) in [6, 6.07) is 2.20. The van der Waals surface area contributed by atoms with Crippen LogP contribution in [0.2, 0.25) is 51.4 Å². The largest absolute Gasteiger partial charge is 0.465 e. The van der Waals surface area contributed by atoms with E-state index in [0.29, 0.717) is 12.8 Å². The molecule has 0 aromatic rings. The van der Waals surface area contributed by atoms with E-state index in [9.17, 15) is 9.59 Å². The molecule has 0 radical (unpaired) electrons. The highest BCUT2D eigenvalue weighted by atomic mass is 28.3. The van der Waals surface area contributed by atoms with E-state index in [0.717, 1.165) is 12.1 Å². The number of rotatable bonds is 10. The highest BCUT2D eigenvalue weighted by molar-refractivity contribution is 6.76. The molecule has 4 nitrogen and oxygen atoms in total. The summed E-state index contributed by atoms with van der Waals surface area (Å²) >= 11 is 0. The molecule has 1 fully saturated rings. The van der Waals surface area contributed by atoms with E-state index in [1.165, 1.54) is 0 Å². The molecule has 1 saturated carbocycles. The maximum absolute atomic E-state index is 12.9. The first-order valence-corrected chi connectivity index (χ1v) is 18.4. The average molecular weight is 439 g/mol. The van der Waals surface area contributed by atoms with Gasteiger partial charge in [0.2, 0.25) is 0 Å². The lowest BCUT2D eigenvalue weighted by atomic mass is 9.84. The van der Waals surface area contributed by atoms with Gasteiger partial charge in [-0.2, -0.15) is 0 Å². The van der Waals surface area contributed by atoms with Crippen molar-refractivity contribution in [2.75, 3.05) is 13.2 Å². The summed E-state index contributed by atoms with van der Waals surface area (Å²) in [6.45, 7) is 18.2. The van der Waals surface area contributed by atoms with Gasteiger partial charge in [0.1, 0.15) is 0 Å². The van der Waals surface area contributed by atoms with Crippen molar-refractivity contribution < 1.29 is 19.1 Å². The quantitative estimate of drug-likeness (QED) is 0.184. The lowest BCUT2D eigenvalue weighted by molar-refractivity contribution is -0.171. The summed E-state index contributed by atoms with van der Waals surface area (Å²) < 4.78 is 10.7. The zero-order chi connectivity index (χ0) is 22.3. The standard InChI is InChI=1S/C23H42O4Si2/c1-9-26-21(24)23(22(25)27-10-2)17-19(13-11-15-28(3,4)5)20(18-23)14-12-16-29(6,7)8/h11-14,19-20H,9-10,15-18H2,1-8H3/b13-11+,14-12+/t19-,20-/m1/s1. The van der Waals surface area contributed by atoms with Crippen LogP contribution in [0.4, 0.5) is 0 Å². The van der Waals surface area contributed by atoms with Crippen molar-refractivity contribution in [3.8, 4) is 0 Å². The Bertz CT molecular complexity index is 557. The lowest BCUT2D eigenvalue weighted by Crippen LogP contribution is -2.40. The molecule has 0 bridgehead atoms. The van der Waals surface area contributed by atoms with Crippen molar-refractivity contribution >= 4 is 28.1 Å². The Morgan fingerprint density at radius 2 is 1.14 bits per heavy atom. The molecule has 0 amide bonds. The predicted molar refractivity (Wildman–Crippen MR) is 126 cm³/mol. The highest BCUT2D eigenvalue weighted by Gasteiger charge is 2.56. The fraction of sp³-hybridized carbons (Fsp3) is 0.739. The number of hydrogen-bond acceptors (Lipinski definition) is 4. The van der Waals surface area contributed by atoms with E-state index >= 15 is 0 Å². The van der Waals surface area contributed by atoms with E-state index in [4.69, 9.17) is 9.47 Å². The first-order valence-electron chi connectivity index (χ1n) is 11.0. The molecule has 2 atom stereocenters. The summed E-state index contributed by atoms with van der Waals surface area (Å²) in [4.78, 5) is 25.8. The van der Waals surface area contributed by atoms with Crippen molar-refractivity contribution in [1.82, 2.24) is 0 Å². The average Bonchev–Trinajstić information content (AvgIpc) is 2.93. The summed E-state index contributed by atoms with van der Waals surface area (Å²) in [5, 5.41) is 0. The Morgan fingerprint density at radius 1 is 0.793 bits per heavy atom. The fourth-order valence-electron chi connectivity index (χ4n) is 3.76. The van der Waals surface area contributed by atoms with Crippen LogP contribution in [0.25, 0.3) is 0 Å². The van der Waals surface area contributed by atoms with Crippen LogP contribution in [0.3, 0.4) is 0 Å². The Morgan fingerprint density at radius 3 is 1.41 bits per heavy atom. The molecule has 1 rings (SSSR count). The van der Waals surface area contributed by atoms with Gasteiger partial charge in [0.05, 0.1) is 13.2 Å². The van der Waals surface area contributed by atoms with Crippen LogP contribution in [0.15, 0.2) is 24.3 Å². The molecule has 1 aliphatic carbocycles. The molecule has 29 heavy (non-hydrogen) atoms. The Kier molecular flexibility index (Phi) is 9.60. The van der Waals surface area contributed by atoms with Crippen molar-refractivity contribution in [3.63, 3.8) is 0 Å². The van der Waals surface area contributed by atoms with Crippen LogP contribution in [0.1, 0.15) is 26.7 Å². The van der Waals surface area contributed by atoms with Gasteiger partial charge >= 0.3 is 11.9 Å². The molecule has 0 N–H and O–H groups in total. The summed E-state index contributed by atoms with van der Waals surface area (Å²) in [6.07, 6.45) is 9.94. The first-order chi connectivity index (χ1) is 13.3. The normalized spacial score (nSPS) is 22.3. The monoisotopic (exact) mass is 438 g/mol. The van der Waals surface area contributed by atoms with Gasteiger partial charge in [0.15, 0.2) is 5.41 Å². The fourth-order valence-corrected chi connectivity index (χ4v) is 5.45. The third-order valence-corrected chi connectivity index (χ3v) is 8.20. The minimum Gasteiger partial charge on any atom is -0.465 e. The van der Waals surface area contributed by atoms with Crippen LogP contribution >= 0.6 is 0 Å². The van der Waals surface area contributed by atoms with Crippen molar-refractivity contribution in [2.45, 2.75) is 78.1 Å². The molecular formula is C23H42O4Si2. The maximum atomic E-state index is 12.9. The molecule has 0 aromatic heterocycles. The second-order valence-electron chi connectivity index (χ2n) is 10.6. The SMILES string of the molecule is CCOC(=O)C1(C(=O)OCC)C[C@@H](/C=C/C[Si](C)(C)C)[C@H](/C=C/C[Si](C)(C)C)C1. The Labute approximate surface area is 180 Å². The Balaban J connectivity index is 3.19. The van der Waals surface area contributed by atoms with Gasteiger partial charge in [-0.1, -0.05) is 63.6 Å². The van der Waals surface area contributed by atoms with Crippen molar-refractivity contribution in [3.05, 3.63) is 24.3 Å². The van der Waals surface area contributed by atoms with E-state index < -0.39 is 33.5 Å². The van der Waals surface area contributed by atoms with Gasteiger partial charge in [-0.05, 0) is 50.6 Å². The third-order valence-electron chi connectivity index (χ3n) is 5.28. The number of hydrogen-bond donors (Lipinski definition) is 0. The predicted octanol–water partition coefficient (Wildman–Crippen LogP) is 5.91. The van der Waals surface area contributed by atoms with Gasteiger partial charge in [-0.3, -0.25) is 9.59 Å². The third kappa shape index (κ3) is 8.25. The van der Waals surface area contributed by atoms with Crippen LogP contribution in [-0.2, 0) is 19.1 Å². The molecule has 0 aliphatic heterocycles. The molecule has 0 saturated heterocycles. The van der Waals surface area contributed by atoms with Crippen molar-refractivity contribution in [1.29, 1.82) is 0 Å². The minimum atomic E-state index is -1.19. The van der Waals surface area contributed by atoms with Gasteiger partial charge < -0.3 is 9.47 Å². The number of esters is 2. The van der Waals surface area contributed by atoms with Gasteiger partial charge in [0.25, 0.3) is 0 Å². The second-order valence-corrected chi connectivity index (χ2v) is 21.7. The zero-order valence-electron chi connectivity index (χ0n) is 19.8. The van der Waals surface area contributed by atoms with Gasteiger partial charge in [0, 0.05) is 16.1 Å². The highest BCUT2D eigenvalue weighted by Crippen LogP contribution is 2.49. The topological polar surface area (TPSA) is 52.6 Å². The Hall–Kier alpha value is -1.15. The van der Waals surface area contributed by atoms with E-state index in [1.54, 1.807) is 13.8 Å². The molecule has 0 unspecified atom stereocenters. The summed E-state index contributed by atoms with van der Waals surface area (Å²) in [5.41, 5.74) is -1.19. The molecule has 0 aromatic carbocycles. The minimum absolute atomic E-state index is 0.151. The molecule has 1 aliphatic rings. The van der Waals surface area contributed by atoms with Crippen molar-refractivity contribution in [2.24, 2.45) is 17.3 Å². The first kappa shape index (κ1) is 25.9. The molecule has 166 valence electrons. The molecule has 0 heterocycles. The lowest BCUT2D eigenvalue weighted by Gasteiger charge is -2.24. The van der Waals surface area contributed by atoms with Crippen LogP contribution in [-0.4, -0.2) is 41.3 Å². The van der Waals surface area contributed by atoms with Crippen LogP contribution in [0.5, 0.6) is 0 Å². The molecular weight excluding hydrogens is 396 g/mol. The van der Waals surface area contributed by atoms with Gasteiger partial charge in [-0.15, -0.1) is 0 Å². The second kappa shape index (κ2) is 10.8. The van der Waals surface area contributed by atoms with Gasteiger partial charge in [-0.25, -0.2) is 0 Å².